The molecule has 1 N–H and O–H groups in total. The van der Waals surface area contributed by atoms with Crippen LogP contribution in [0.1, 0.15) is 11.3 Å². The molecule has 1 heterocycles. The Morgan fingerprint density at radius 3 is 2.81 bits per heavy atom. The average Bonchev–Trinajstić information content (AvgIpc) is 2.29. The number of hydrogen-bond donors (Lipinski definition) is 1. The molecule has 0 radical (unpaired) electrons. The van der Waals surface area contributed by atoms with E-state index in [9.17, 15) is 0 Å². The molecule has 16 heavy (non-hydrogen) atoms. The Balaban J connectivity index is 2.57. The van der Waals surface area contributed by atoms with Crippen molar-refractivity contribution in [1.29, 1.82) is 0 Å². The zero-order valence-electron chi connectivity index (χ0n) is 9.87. The van der Waals surface area contributed by atoms with Crippen molar-refractivity contribution >= 4 is 10.8 Å². The van der Waals surface area contributed by atoms with Crippen molar-refractivity contribution in [3.8, 4) is 5.88 Å². The number of aryl methyl sites for hydroxylation is 1. The molecule has 0 aliphatic heterocycles. The van der Waals surface area contributed by atoms with Crippen LogP contribution in [0.25, 0.3) is 10.8 Å². The number of nitrogens with one attached hydrogen (secondary N) is 1. The van der Waals surface area contributed by atoms with Gasteiger partial charge in [-0.2, -0.15) is 0 Å². The third-order valence-electron chi connectivity index (χ3n) is 2.65. The van der Waals surface area contributed by atoms with Crippen molar-refractivity contribution < 1.29 is 4.74 Å². The van der Waals surface area contributed by atoms with E-state index in [0.717, 1.165) is 12.2 Å². The molecule has 0 atom stereocenters. The predicted octanol–water partition coefficient (Wildman–Crippen LogP) is 2.27. The molecule has 2 rings (SSSR count). The SMILES string of the molecule is CNCc1ccc2c(C)nc(OC)cc2c1. The molecule has 0 aliphatic carbocycles. The minimum atomic E-state index is 0.673. The fourth-order valence-electron chi connectivity index (χ4n) is 1.87. The minimum absolute atomic E-state index is 0.673. The van der Waals surface area contributed by atoms with Gasteiger partial charge in [0.25, 0.3) is 0 Å². The van der Waals surface area contributed by atoms with E-state index in [1.807, 2.05) is 20.0 Å². The van der Waals surface area contributed by atoms with Gasteiger partial charge in [-0.1, -0.05) is 12.1 Å². The lowest BCUT2D eigenvalue weighted by molar-refractivity contribution is 0.398. The van der Waals surface area contributed by atoms with Crippen molar-refractivity contribution in [3.63, 3.8) is 0 Å². The highest BCUT2D eigenvalue weighted by Crippen LogP contribution is 2.22. The van der Waals surface area contributed by atoms with Crippen molar-refractivity contribution in [1.82, 2.24) is 10.3 Å². The smallest absolute Gasteiger partial charge is 0.213 e. The molecule has 84 valence electrons. The zero-order chi connectivity index (χ0) is 11.5. The topological polar surface area (TPSA) is 34.2 Å². The molecule has 2 aromatic rings. The Labute approximate surface area is 95.5 Å². The molecule has 0 aliphatic rings. The molecule has 0 unspecified atom stereocenters. The normalized spacial score (nSPS) is 10.7. The molecule has 0 saturated heterocycles. The van der Waals surface area contributed by atoms with Gasteiger partial charge in [-0.05, 0) is 31.0 Å². The summed E-state index contributed by atoms with van der Waals surface area (Å²) < 4.78 is 5.18. The Morgan fingerprint density at radius 2 is 2.12 bits per heavy atom. The maximum absolute atomic E-state index is 5.18. The van der Waals surface area contributed by atoms with E-state index >= 15 is 0 Å². The molecule has 3 nitrogen and oxygen atoms in total. The number of pyridine rings is 1. The van der Waals surface area contributed by atoms with E-state index in [0.29, 0.717) is 5.88 Å². The number of hydrogen-bond acceptors (Lipinski definition) is 3. The lowest BCUT2D eigenvalue weighted by Crippen LogP contribution is -2.04. The van der Waals surface area contributed by atoms with Crippen molar-refractivity contribution in [3.05, 3.63) is 35.5 Å². The van der Waals surface area contributed by atoms with Crippen LogP contribution in [0.4, 0.5) is 0 Å². The Bertz CT molecular complexity index is 509. The molecule has 1 aromatic heterocycles. The second-order valence-corrected chi connectivity index (χ2v) is 3.84. The van der Waals surface area contributed by atoms with Crippen molar-refractivity contribution in [2.45, 2.75) is 13.5 Å². The first kappa shape index (κ1) is 10.9. The van der Waals surface area contributed by atoms with Crippen LogP contribution in [0, 0.1) is 6.92 Å². The number of fused-ring (bicyclic) bond motifs is 1. The van der Waals surface area contributed by atoms with Crippen LogP contribution in [0.3, 0.4) is 0 Å². The molecule has 3 heteroatoms. The second kappa shape index (κ2) is 4.49. The highest BCUT2D eigenvalue weighted by atomic mass is 16.5. The van der Waals surface area contributed by atoms with Gasteiger partial charge in [0.05, 0.1) is 7.11 Å². The summed E-state index contributed by atoms with van der Waals surface area (Å²) in [5.74, 6) is 0.673. The third kappa shape index (κ3) is 1.99. The molecule has 0 saturated carbocycles. The number of nitrogens with zero attached hydrogens (tertiary/aromatic N) is 1. The van der Waals surface area contributed by atoms with Gasteiger partial charge in [0.2, 0.25) is 5.88 Å². The first-order valence-corrected chi connectivity index (χ1v) is 5.33. The van der Waals surface area contributed by atoms with Crippen LogP contribution in [-0.2, 0) is 6.54 Å². The highest BCUT2D eigenvalue weighted by Gasteiger charge is 2.03. The number of aromatic nitrogens is 1. The monoisotopic (exact) mass is 216 g/mol. The standard InChI is InChI=1S/C13H16N2O/c1-9-12-5-4-10(8-14-2)6-11(12)7-13(15-9)16-3/h4-7,14H,8H2,1-3H3. The summed E-state index contributed by atoms with van der Waals surface area (Å²) in [4.78, 5) is 4.36. The lowest BCUT2D eigenvalue weighted by atomic mass is 10.1. The van der Waals surface area contributed by atoms with Crippen LogP contribution in [0.15, 0.2) is 24.3 Å². The largest absolute Gasteiger partial charge is 0.481 e. The number of ether oxygens (including phenoxy) is 1. The maximum Gasteiger partial charge on any atom is 0.213 e. The van der Waals surface area contributed by atoms with Gasteiger partial charge >= 0.3 is 0 Å². The summed E-state index contributed by atoms with van der Waals surface area (Å²) in [6.45, 7) is 2.88. The number of methoxy groups -OCH3 is 1. The number of rotatable bonds is 3. The van der Waals surface area contributed by atoms with Crippen LogP contribution in [-0.4, -0.2) is 19.1 Å². The first-order chi connectivity index (χ1) is 7.74. The Hall–Kier alpha value is -1.61. The summed E-state index contributed by atoms with van der Waals surface area (Å²) in [5.41, 5.74) is 2.27. The highest BCUT2D eigenvalue weighted by molar-refractivity contribution is 5.85. The van der Waals surface area contributed by atoms with E-state index in [4.69, 9.17) is 4.74 Å². The van der Waals surface area contributed by atoms with E-state index in [1.54, 1.807) is 7.11 Å². The Morgan fingerprint density at radius 1 is 1.31 bits per heavy atom. The van der Waals surface area contributed by atoms with Gasteiger partial charge < -0.3 is 10.1 Å². The van der Waals surface area contributed by atoms with Crippen LogP contribution < -0.4 is 10.1 Å². The van der Waals surface area contributed by atoms with Crippen molar-refractivity contribution in [2.24, 2.45) is 0 Å². The van der Waals surface area contributed by atoms with E-state index in [-0.39, 0.29) is 0 Å². The van der Waals surface area contributed by atoms with Gasteiger partial charge in [-0.25, -0.2) is 4.98 Å². The van der Waals surface area contributed by atoms with Gasteiger partial charge in [0.15, 0.2) is 0 Å². The maximum atomic E-state index is 5.18. The average molecular weight is 216 g/mol. The third-order valence-corrected chi connectivity index (χ3v) is 2.65. The fraction of sp³-hybridized carbons (Fsp3) is 0.308. The van der Waals surface area contributed by atoms with Crippen molar-refractivity contribution in [2.75, 3.05) is 14.2 Å². The van der Waals surface area contributed by atoms with Gasteiger partial charge in [0, 0.05) is 23.7 Å². The second-order valence-electron chi connectivity index (χ2n) is 3.84. The summed E-state index contributed by atoms with van der Waals surface area (Å²) >= 11 is 0. The lowest BCUT2D eigenvalue weighted by Gasteiger charge is -2.07. The number of benzene rings is 1. The summed E-state index contributed by atoms with van der Waals surface area (Å²) in [6.07, 6.45) is 0. The van der Waals surface area contributed by atoms with Crippen LogP contribution in [0.2, 0.25) is 0 Å². The van der Waals surface area contributed by atoms with E-state index in [1.165, 1.54) is 16.3 Å². The fourth-order valence-corrected chi connectivity index (χ4v) is 1.87. The summed E-state index contributed by atoms with van der Waals surface area (Å²) in [7, 11) is 3.59. The van der Waals surface area contributed by atoms with E-state index in [2.05, 4.69) is 28.5 Å². The summed E-state index contributed by atoms with van der Waals surface area (Å²) in [6, 6.07) is 8.38. The first-order valence-electron chi connectivity index (χ1n) is 5.33. The van der Waals surface area contributed by atoms with Gasteiger partial charge in [0.1, 0.15) is 0 Å². The van der Waals surface area contributed by atoms with Gasteiger partial charge in [-0.15, -0.1) is 0 Å². The molecule has 0 fully saturated rings. The quantitative estimate of drug-likeness (QED) is 0.854. The van der Waals surface area contributed by atoms with Gasteiger partial charge in [-0.3, -0.25) is 0 Å². The molecular weight excluding hydrogens is 200 g/mol. The zero-order valence-corrected chi connectivity index (χ0v) is 9.87. The van der Waals surface area contributed by atoms with Crippen LogP contribution >= 0.6 is 0 Å². The Kier molecular flexibility index (Phi) is 3.06. The molecule has 0 spiro atoms. The molecular formula is C13H16N2O. The van der Waals surface area contributed by atoms with E-state index < -0.39 is 0 Å². The molecule has 1 aromatic carbocycles. The minimum Gasteiger partial charge on any atom is -0.481 e. The van der Waals surface area contributed by atoms with Crippen LogP contribution in [0.5, 0.6) is 5.88 Å². The molecule has 0 amide bonds. The predicted molar refractivity (Wildman–Crippen MR) is 65.8 cm³/mol. The molecule has 0 bridgehead atoms. The summed E-state index contributed by atoms with van der Waals surface area (Å²) in [5, 5.41) is 5.50.